The van der Waals surface area contributed by atoms with Gasteiger partial charge in [0, 0.05) is 18.0 Å². The van der Waals surface area contributed by atoms with Crippen LogP contribution in [0.25, 0.3) is 0 Å². The third-order valence-corrected chi connectivity index (χ3v) is 3.57. The van der Waals surface area contributed by atoms with E-state index in [-0.39, 0.29) is 17.6 Å². The maximum Gasteiger partial charge on any atom is 0.221 e. The number of aromatic nitrogens is 1. The minimum atomic E-state index is -0.230. The number of nitrogens with zero attached hydrogens (tertiary/aromatic N) is 1. The van der Waals surface area contributed by atoms with Gasteiger partial charge in [-0.05, 0) is 30.9 Å². The lowest BCUT2D eigenvalue weighted by molar-refractivity contribution is -0.123. The van der Waals surface area contributed by atoms with E-state index in [9.17, 15) is 4.79 Å². The van der Waals surface area contributed by atoms with E-state index in [2.05, 4.69) is 4.98 Å². The Hall–Kier alpha value is -1.58. The Balaban J connectivity index is 2.06. The Morgan fingerprint density at radius 3 is 2.71 bits per heavy atom. The van der Waals surface area contributed by atoms with Crippen molar-refractivity contribution in [2.24, 2.45) is 17.6 Å². The van der Waals surface area contributed by atoms with Gasteiger partial charge in [-0.1, -0.05) is 12.8 Å². The van der Waals surface area contributed by atoms with E-state index >= 15 is 0 Å². The van der Waals surface area contributed by atoms with Crippen LogP contribution in [0.4, 0.5) is 0 Å². The number of primary amides is 1. The van der Waals surface area contributed by atoms with Gasteiger partial charge in [0.05, 0.1) is 6.20 Å². The standard InChI is InChI=1S/C13H18N2O2/c14-13(17)12(9-3-1-2-4-9)7-10-5-6-11(16)8-15-10/h5-6,8-9,12,16H,1-4,7H2,(H2,14,17). The molecule has 1 aromatic rings. The molecule has 0 saturated heterocycles. The van der Waals surface area contributed by atoms with Crippen LogP contribution in [0.5, 0.6) is 5.75 Å². The Morgan fingerprint density at radius 1 is 1.47 bits per heavy atom. The van der Waals surface area contributed by atoms with Crippen LogP contribution in [0.2, 0.25) is 0 Å². The van der Waals surface area contributed by atoms with Crippen LogP contribution >= 0.6 is 0 Å². The third kappa shape index (κ3) is 2.96. The summed E-state index contributed by atoms with van der Waals surface area (Å²) in [7, 11) is 0. The van der Waals surface area contributed by atoms with Gasteiger partial charge in [-0.3, -0.25) is 9.78 Å². The molecule has 1 unspecified atom stereocenters. The predicted molar refractivity (Wildman–Crippen MR) is 64.2 cm³/mol. The molecular weight excluding hydrogens is 216 g/mol. The summed E-state index contributed by atoms with van der Waals surface area (Å²) in [6.07, 6.45) is 6.55. The molecule has 0 bridgehead atoms. The molecule has 1 aliphatic rings. The normalized spacial score (nSPS) is 18.1. The lowest BCUT2D eigenvalue weighted by Crippen LogP contribution is -2.30. The second-order valence-electron chi connectivity index (χ2n) is 4.77. The molecule has 92 valence electrons. The highest BCUT2D eigenvalue weighted by molar-refractivity contribution is 5.77. The summed E-state index contributed by atoms with van der Waals surface area (Å²) in [5.74, 6) is 0.203. The minimum absolute atomic E-state index is 0.116. The SMILES string of the molecule is NC(=O)C(Cc1ccc(O)cn1)C1CCCC1. The maximum atomic E-state index is 11.5. The van der Waals surface area contributed by atoms with Crippen molar-refractivity contribution in [2.45, 2.75) is 32.1 Å². The summed E-state index contributed by atoms with van der Waals surface area (Å²) < 4.78 is 0. The zero-order chi connectivity index (χ0) is 12.3. The molecule has 0 spiro atoms. The van der Waals surface area contributed by atoms with Gasteiger partial charge < -0.3 is 10.8 Å². The molecule has 1 amide bonds. The second kappa shape index (κ2) is 5.17. The van der Waals surface area contributed by atoms with Crippen LogP contribution in [0, 0.1) is 11.8 Å². The van der Waals surface area contributed by atoms with Crippen molar-refractivity contribution in [3.63, 3.8) is 0 Å². The Labute approximate surface area is 101 Å². The molecule has 1 aliphatic carbocycles. The van der Waals surface area contributed by atoms with Crippen molar-refractivity contribution in [1.82, 2.24) is 4.98 Å². The smallest absolute Gasteiger partial charge is 0.221 e. The van der Waals surface area contributed by atoms with Crippen LogP contribution in [-0.2, 0) is 11.2 Å². The van der Waals surface area contributed by atoms with Gasteiger partial charge in [0.25, 0.3) is 0 Å². The van der Waals surface area contributed by atoms with Crippen LogP contribution in [0.3, 0.4) is 0 Å². The van der Waals surface area contributed by atoms with E-state index in [1.54, 1.807) is 12.1 Å². The van der Waals surface area contributed by atoms with Gasteiger partial charge in [0.2, 0.25) is 5.91 Å². The Kier molecular flexibility index (Phi) is 3.61. The quantitative estimate of drug-likeness (QED) is 0.831. The molecule has 17 heavy (non-hydrogen) atoms. The first-order valence-electron chi connectivity index (χ1n) is 6.10. The molecule has 1 atom stereocenters. The van der Waals surface area contributed by atoms with Crippen molar-refractivity contribution >= 4 is 5.91 Å². The van der Waals surface area contributed by atoms with Crippen molar-refractivity contribution < 1.29 is 9.90 Å². The zero-order valence-electron chi connectivity index (χ0n) is 9.80. The van der Waals surface area contributed by atoms with Crippen LogP contribution in [0.1, 0.15) is 31.4 Å². The third-order valence-electron chi connectivity index (χ3n) is 3.57. The summed E-state index contributed by atoms with van der Waals surface area (Å²) in [5, 5.41) is 9.16. The van der Waals surface area contributed by atoms with Crippen molar-refractivity contribution in [3.8, 4) is 5.75 Å². The van der Waals surface area contributed by atoms with Gasteiger partial charge >= 0.3 is 0 Å². The number of rotatable bonds is 4. The first-order valence-corrected chi connectivity index (χ1v) is 6.10. The minimum Gasteiger partial charge on any atom is -0.506 e. The molecule has 3 N–H and O–H groups in total. The molecule has 2 rings (SSSR count). The monoisotopic (exact) mass is 234 g/mol. The number of pyridine rings is 1. The molecule has 0 radical (unpaired) electrons. The highest BCUT2D eigenvalue weighted by atomic mass is 16.3. The first kappa shape index (κ1) is 11.9. The summed E-state index contributed by atoms with van der Waals surface area (Å²) in [5.41, 5.74) is 6.30. The fraction of sp³-hybridized carbons (Fsp3) is 0.538. The number of hydrogen-bond donors (Lipinski definition) is 2. The summed E-state index contributed by atoms with van der Waals surface area (Å²) >= 11 is 0. The maximum absolute atomic E-state index is 11.5. The molecule has 0 aromatic carbocycles. The van der Waals surface area contributed by atoms with Crippen LogP contribution in [0.15, 0.2) is 18.3 Å². The van der Waals surface area contributed by atoms with Crippen LogP contribution in [-0.4, -0.2) is 16.0 Å². The molecule has 1 aromatic heterocycles. The number of amides is 1. The van der Waals surface area contributed by atoms with Gasteiger partial charge in [0.1, 0.15) is 5.75 Å². The lowest BCUT2D eigenvalue weighted by Gasteiger charge is -2.19. The van der Waals surface area contributed by atoms with E-state index in [4.69, 9.17) is 10.8 Å². The number of aromatic hydroxyl groups is 1. The topological polar surface area (TPSA) is 76.2 Å². The fourth-order valence-corrected chi connectivity index (χ4v) is 2.62. The first-order chi connectivity index (χ1) is 8.16. The average molecular weight is 234 g/mol. The summed E-state index contributed by atoms with van der Waals surface area (Å²) in [4.78, 5) is 15.6. The Bertz CT molecular complexity index is 383. The van der Waals surface area contributed by atoms with Gasteiger partial charge in [0.15, 0.2) is 0 Å². The number of carbonyl (C=O) groups is 1. The number of carbonyl (C=O) groups excluding carboxylic acids is 1. The average Bonchev–Trinajstić information content (AvgIpc) is 2.81. The highest BCUT2D eigenvalue weighted by Crippen LogP contribution is 2.33. The van der Waals surface area contributed by atoms with E-state index < -0.39 is 0 Å². The second-order valence-corrected chi connectivity index (χ2v) is 4.77. The lowest BCUT2D eigenvalue weighted by atomic mass is 9.86. The molecule has 1 fully saturated rings. The highest BCUT2D eigenvalue weighted by Gasteiger charge is 2.29. The van der Waals surface area contributed by atoms with Crippen molar-refractivity contribution in [1.29, 1.82) is 0 Å². The van der Waals surface area contributed by atoms with Gasteiger partial charge in [-0.2, -0.15) is 0 Å². The summed E-state index contributed by atoms with van der Waals surface area (Å²) in [6, 6.07) is 3.34. The van der Waals surface area contributed by atoms with E-state index in [1.807, 2.05) is 0 Å². The largest absolute Gasteiger partial charge is 0.506 e. The van der Waals surface area contributed by atoms with E-state index in [1.165, 1.54) is 19.0 Å². The van der Waals surface area contributed by atoms with E-state index in [0.717, 1.165) is 18.5 Å². The molecule has 1 saturated carbocycles. The van der Waals surface area contributed by atoms with Crippen molar-refractivity contribution in [2.75, 3.05) is 0 Å². The van der Waals surface area contributed by atoms with Crippen LogP contribution < -0.4 is 5.73 Å². The molecule has 4 nitrogen and oxygen atoms in total. The number of nitrogens with two attached hydrogens (primary N) is 1. The van der Waals surface area contributed by atoms with Gasteiger partial charge in [-0.25, -0.2) is 0 Å². The van der Waals surface area contributed by atoms with Crippen molar-refractivity contribution in [3.05, 3.63) is 24.0 Å². The molecular formula is C13H18N2O2. The molecule has 0 aliphatic heterocycles. The summed E-state index contributed by atoms with van der Waals surface area (Å²) in [6.45, 7) is 0. The van der Waals surface area contributed by atoms with Gasteiger partial charge in [-0.15, -0.1) is 0 Å². The fourth-order valence-electron chi connectivity index (χ4n) is 2.62. The molecule has 1 heterocycles. The molecule has 4 heteroatoms. The van der Waals surface area contributed by atoms with E-state index in [0.29, 0.717) is 12.3 Å². The zero-order valence-corrected chi connectivity index (χ0v) is 9.80. The Morgan fingerprint density at radius 2 is 2.18 bits per heavy atom. The predicted octanol–water partition coefficient (Wildman–Crippen LogP) is 1.62. The number of hydrogen-bond acceptors (Lipinski definition) is 3.